The molecule has 0 saturated carbocycles. The molecule has 0 amide bonds. The van der Waals surface area contributed by atoms with Crippen molar-refractivity contribution in [2.45, 2.75) is 18.9 Å². The average Bonchev–Trinajstić information content (AvgIpc) is 2.59. The van der Waals surface area contributed by atoms with E-state index in [0.29, 0.717) is 16.8 Å². The van der Waals surface area contributed by atoms with Crippen molar-refractivity contribution in [2.24, 2.45) is 0 Å². The van der Waals surface area contributed by atoms with Crippen molar-refractivity contribution in [1.29, 1.82) is 5.26 Å². The minimum absolute atomic E-state index is 0.146. The van der Waals surface area contributed by atoms with Crippen molar-refractivity contribution in [3.05, 3.63) is 59.2 Å². The third kappa shape index (κ3) is 2.61. The lowest BCUT2D eigenvalue weighted by Crippen LogP contribution is -2.52. The summed E-state index contributed by atoms with van der Waals surface area (Å²) in [5, 5.41) is 19.6. The van der Waals surface area contributed by atoms with Gasteiger partial charge in [-0.05, 0) is 30.2 Å². The number of phenols is 1. The summed E-state index contributed by atoms with van der Waals surface area (Å²) in [7, 11) is 3.69. The first-order valence-electron chi connectivity index (χ1n) is 8.17. The SMILES string of the molecule is COc1cc2c(cc1O)C(c1ccccc1)C[N+](C)(CC#N)C2C. The van der Waals surface area contributed by atoms with E-state index in [9.17, 15) is 10.4 Å². The van der Waals surface area contributed by atoms with Gasteiger partial charge >= 0.3 is 0 Å². The van der Waals surface area contributed by atoms with Gasteiger partial charge in [0.25, 0.3) is 0 Å². The third-order valence-corrected chi connectivity index (χ3v) is 5.38. The van der Waals surface area contributed by atoms with Gasteiger partial charge in [-0.1, -0.05) is 30.3 Å². The molecule has 0 radical (unpaired) electrons. The lowest BCUT2D eigenvalue weighted by molar-refractivity contribution is -0.934. The monoisotopic (exact) mass is 323 g/mol. The van der Waals surface area contributed by atoms with Crippen LogP contribution in [0.4, 0.5) is 0 Å². The number of aromatic hydroxyl groups is 1. The number of hydrogen-bond donors (Lipinski definition) is 1. The fourth-order valence-electron chi connectivity index (χ4n) is 3.77. The van der Waals surface area contributed by atoms with Crippen molar-refractivity contribution in [2.75, 3.05) is 27.2 Å². The average molecular weight is 323 g/mol. The zero-order chi connectivity index (χ0) is 17.3. The molecule has 0 saturated heterocycles. The Bertz CT molecular complexity index is 782. The van der Waals surface area contributed by atoms with Crippen LogP contribution in [0.1, 0.15) is 35.6 Å². The Morgan fingerprint density at radius 3 is 2.58 bits per heavy atom. The summed E-state index contributed by atoms with van der Waals surface area (Å²) in [6.45, 7) is 3.43. The molecular weight excluding hydrogens is 300 g/mol. The molecule has 3 rings (SSSR count). The quantitative estimate of drug-likeness (QED) is 0.694. The zero-order valence-electron chi connectivity index (χ0n) is 14.4. The van der Waals surface area contributed by atoms with E-state index in [-0.39, 0.29) is 17.7 Å². The molecule has 124 valence electrons. The van der Waals surface area contributed by atoms with Crippen molar-refractivity contribution < 1.29 is 14.3 Å². The third-order valence-electron chi connectivity index (χ3n) is 5.38. The lowest BCUT2D eigenvalue weighted by atomic mass is 9.80. The Morgan fingerprint density at radius 2 is 1.96 bits per heavy atom. The van der Waals surface area contributed by atoms with Crippen LogP contribution in [0.3, 0.4) is 0 Å². The maximum Gasteiger partial charge on any atom is 0.166 e. The van der Waals surface area contributed by atoms with E-state index >= 15 is 0 Å². The Balaban J connectivity index is 2.20. The molecule has 3 atom stereocenters. The standard InChI is InChI=1S/C20H22N2O2/c1-14-16-12-20(24-3)19(23)11-17(16)18(13-22(14,2)10-9-21)15-7-5-4-6-8-15/h4-8,11-12,14,18H,10,13H2,1-3H3/p+1. The Hall–Kier alpha value is -2.51. The van der Waals surface area contributed by atoms with E-state index in [1.807, 2.05) is 30.3 Å². The minimum atomic E-state index is 0.146. The molecule has 4 nitrogen and oxygen atoms in total. The Kier molecular flexibility index (Phi) is 4.21. The molecule has 0 fully saturated rings. The highest BCUT2D eigenvalue weighted by Crippen LogP contribution is 2.46. The molecule has 1 aliphatic heterocycles. The summed E-state index contributed by atoms with van der Waals surface area (Å²) >= 11 is 0. The van der Waals surface area contributed by atoms with Gasteiger partial charge in [-0.15, -0.1) is 0 Å². The van der Waals surface area contributed by atoms with E-state index in [4.69, 9.17) is 4.74 Å². The number of rotatable bonds is 3. The van der Waals surface area contributed by atoms with Gasteiger partial charge in [0.05, 0.1) is 26.6 Å². The van der Waals surface area contributed by atoms with Gasteiger partial charge in [0.15, 0.2) is 18.0 Å². The van der Waals surface area contributed by atoms with Crippen LogP contribution in [-0.4, -0.2) is 36.8 Å². The Morgan fingerprint density at radius 1 is 1.25 bits per heavy atom. The first-order chi connectivity index (χ1) is 11.5. The topological polar surface area (TPSA) is 53.2 Å². The van der Waals surface area contributed by atoms with Gasteiger partial charge < -0.3 is 14.3 Å². The number of hydrogen-bond acceptors (Lipinski definition) is 3. The number of quaternary nitrogens is 1. The van der Waals surface area contributed by atoms with Crippen LogP contribution in [0, 0.1) is 11.3 Å². The van der Waals surface area contributed by atoms with Crippen molar-refractivity contribution in [3.8, 4) is 17.6 Å². The minimum Gasteiger partial charge on any atom is -0.504 e. The van der Waals surface area contributed by atoms with Gasteiger partial charge in [-0.25, -0.2) is 0 Å². The van der Waals surface area contributed by atoms with Crippen molar-refractivity contribution in [1.82, 2.24) is 0 Å². The predicted molar refractivity (Wildman–Crippen MR) is 92.9 cm³/mol. The van der Waals surface area contributed by atoms with Crippen LogP contribution in [0.25, 0.3) is 0 Å². The van der Waals surface area contributed by atoms with Crippen LogP contribution in [0.2, 0.25) is 0 Å². The van der Waals surface area contributed by atoms with E-state index in [1.165, 1.54) is 5.56 Å². The Labute approximate surface area is 143 Å². The van der Waals surface area contributed by atoms with E-state index in [2.05, 4.69) is 32.2 Å². The molecule has 4 heteroatoms. The van der Waals surface area contributed by atoms with Gasteiger partial charge in [0.2, 0.25) is 0 Å². The number of nitriles is 1. The summed E-state index contributed by atoms with van der Waals surface area (Å²) in [5.41, 5.74) is 3.47. The highest BCUT2D eigenvalue weighted by molar-refractivity contribution is 5.51. The smallest absolute Gasteiger partial charge is 0.166 e. The lowest BCUT2D eigenvalue weighted by Gasteiger charge is -2.46. The molecule has 2 aromatic carbocycles. The normalized spacial score (nSPS) is 25.6. The predicted octanol–water partition coefficient (Wildman–Crippen LogP) is 3.58. The van der Waals surface area contributed by atoms with E-state index in [1.54, 1.807) is 7.11 Å². The second kappa shape index (κ2) is 6.18. The number of likely N-dealkylation sites (N-methyl/N-ethyl adjacent to an activating group) is 1. The molecule has 0 bridgehead atoms. The molecule has 0 spiro atoms. The van der Waals surface area contributed by atoms with Crippen LogP contribution < -0.4 is 4.74 Å². The van der Waals surface area contributed by atoms with Gasteiger partial charge in [-0.2, -0.15) is 5.26 Å². The molecule has 0 aliphatic carbocycles. The molecule has 1 aliphatic rings. The van der Waals surface area contributed by atoms with Crippen LogP contribution >= 0.6 is 0 Å². The second-order valence-electron chi connectivity index (χ2n) is 6.77. The first-order valence-corrected chi connectivity index (χ1v) is 8.17. The summed E-state index contributed by atoms with van der Waals surface area (Å²) in [6.07, 6.45) is 0. The summed E-state index contributed by atoms with van der Waals surface area (Å²) in [4.78, 5) is 0. The fraction of sp³-hybridized carbons (Fsp3) is 0.350. The molecule has 24 heavy (non-hydrogen) atoms. The number of methoxy groups -OCH3 is 1. The maximum atomic E-state index is 10.3. The maximum absolute atomic E-state index is 10.3. The number of nitrogens with zero attached hydrogens (tertiary/aromatic N) is 2. The molecular formula is C20H23N2O2+. The molecule has 2 aromatic rings. The number of ether oxygens (including phenoxy) is 1. The molecule has 3 unspecified atom stereocenters. The van der Waals surface area contributed by atoms with Crippen LogP contribution in [0.5, 0.6) is 11.5 Å². The number of phenolic OH excluding ortho intramolecular Hbond substituents is 1. The summed E-state index contributed by atoms with van der Waals surface area (Å²) in [6, 6.07) is 16.6. The molecule has 1 N–H and O–H groups in total. The highest BCUT2D eigenvalue weighted by Gasteiger charge is 2.42. The largest absolute Gasteiger partial charge is 0.504 e. The molecule has 1 heterocycles. The molecule has 0 aromatic heterocycles. The van der Waals surface area contributed by atoms with E-state index in [0.717, 1.165) is 17.7 Å². The first kappa shape index (κ1) is 16.4. The van der Waals surface area contributed by atoms with Crippen molar-refractivity contribution >= 4 is 0 Å². The van der Waals surface area contributed by atoms with Gasteiger partial charge in [-0.3, -0.25) is 0 Å². The van der Waals surface area contributed by atoms with Gasteiger partial charge in [0, 0.05) is 5.56 Å². The van der Waals surface area contributed by atoms with Crippen LogP contribution in [-0.2, 0) is 0 Å². The summed E-state index contributed by atoms with van der Waals surface area (Å²) in [5.74, 6) is 0.797. The second-order valence-corrected chi connectivity index (χ2v) is 6.77. The fourth-order valence-corrected chi connectivity index (χ4v) is 3.77. The zero-order valence-corrected chi connectivity index (χ0v) is 14.4. The highest BCUT2D eigenvalue weighted by atomic mass is 16.5. The van der Waals surface area contributed by atoms with E-state index < -0.39 is 0 Å². The van der Waals surface area contributed by atoms with Gasteiger partial charge in [0.1, 0.15) is 12.1 Å². The van der Waals surface area contributed by atoms with Crippen LogP contribution in [0.15, 0.2) is 42.5 Å². The number of fused-ring (bicyclic) bond motifs is 1. The van der Waals surface area contributed by atoms with Crippen molar-refractivity contribution in [3.63, 3.8) is 0 Å². The number of benzene rings is 2. The summed E-state index contributed by atoms with van der Waals surface area (Å²) < 4.78 is 5.96.